The third kappa shape index (κ3) is 5.90. The number of rotatable bonds is 6. The Morgan fingerprint density at radius 2 is 0.514 bits per heavy atom. The number of fused-ring (bicyclic) bond motifs is 12. The highest BCUT2D eigenvalue weighted by Crippen LogP contribution is 2.44. The van der Waals surface area contributed by atoms with Crippen LogP contribution in [-0.2, 0) is 0 Å². The number of hydrogen-bond acceptors (Lipinski definition) is 3. The molecule has 0 saturated heterocycles. The molecule has 0 aliphatic rings. The van der Waals surface area contributed by atoms with E-state index in [1.165, 1.54) is 0 Å². The maximum atomic E-state index is 11.2. The number of para-hydroxylation sites is 8. The van der Waals surface area contributed by atoms with E-state index >= 15 is 0 Å². The molecule has 0 fully saturated rings. The summed E-state index contributed by atoms with van der Waals surface area (Å²) in [5.41, 5.74) is 14.1. The minimum Gasteiger partial charge on any atom is -0.308 e. The van der Waals surface area contributed by atoms with E-state index in [0.717, 1.165) is 121 Å². The maximum Gasteiger partial charge on any atom is 0.148 e. The van der Waals surface area contributed by atoms with Crippen LogP contribution in [-0.4, -0.2) is 23.3 Å². The molecule has 0 atom stereocenters. The van der Waals surface area contributed by atoms with Crippen LogP contribution in [0.1, 0.15) is 11.1 Å². The average molecular weight is 942 g/mol. The van der Waals surface area contributed by atoms with Gasteiger partial charge in [0.1, 0.15) is 23.8 Å². The molecular formula is C67H39N7. The number of pyridine rings is 1. The van der Waals surface area contributed by atoms with Gasteiger partial charge in [0, 0.05) is 54.2 Å². The molecule has 15 rings (SSSR count). The molecule has 74 heavy (non-hydrogen) atoms. The van der Waals surface area contributed by atoms with Gasteiger partial charge in [-0.15, -0.1) is 0 Å². The first kappa shape index (κ1) is 41.3. The molecule has 15 aromatic rings. The Hall–Kier alpha value is -10.5. The van der Waals surface area contributed by atoms with Crippen LogP contribution in [0.4, 0.5) is 0 Å². The van der Waals surface area contributed by atoms with E-state index in [9.17, 15) is 10.5 Å². The second kappa shape index (κ2) is 16.0. The molecule has 0 spiro atoms. The van der Waals surface area contributed by atoms with E-state index in [1.54, 1.807) is 0 Å². The quantitative estimate of drug-likeness (QED) is 0.167. The SMILES string of the molecule is N#Cc1cc(-c2cc(-c3ccc(-n4c5ccccc5c5ccccc54)c(C#N)c3)c(-n3c4ccccc4c4ccccc43)nc2-n2c3ccccc3c3ccccc32)ccc1-n1c2ccccc2c2ccccc21. The van der Waals surface area contributed by atoms with Crippen molar-refractivity contribution >= 4 is 87.2 Å². The fourth-order valence-electron chi connectivity index (χ4n) is 11.9. The molecule has 0 aliphatic carbocycles. The topological polar surface area (TPSA) is 80.2 Å². The lowest BCUT2D eigenvalue weighted by Crippen LogP contribution is -2.08. The summed E-state index contributed by atoms with van der Waals surface area (Å²) in [7, 11) is 0. The van der Waals surface area contributed by atoms with Crippen molar-refractivity contribution in [1.29, 1.82) is 10.5 Å². The number of benzene rings is 10. The molecule has 0 unspecified atom stereocenters. The van der Waals surface area contributed by atoms with Crippen molar-refractivity contribution in [3.8, 4) is 57.4 Å². The van der Waals surface area contributed by atoms with Gasteiger partial charge in [0.05, 0.1) is 66.6 Å². The van der Waals surface area contributed by atoms with Gasteiger partial charge in [-0.1, -0.05) is 158 Å². The van der Waals surface area contributed by atoms with Gasteiger partial charge >= 0.3 is 0 Å². The van der Waals surface area contributed by atoms with Crippen LogP contribution in [0.15, 0.2) is 237 Å². The predicted octanol–water partition coefficient (Wildman–Crippen LogP) is 16.5. The van der Waals surface area contributed by atoms with E-state index in [-0.39, 0.29) is 0 Å². The smallest absolute Gasteiger partial charge is 0.148 e. The maximum absolute atomic E-state index is 11.2. The molecule has 0 amide bonds. The van der Waals surface area contributed by atoms with Crippen molar-refractivity contribution in [1.82, 2.24) is 23.3 Å². The minimum absolute atomic E-state index is 0.525. The first-order valence-corrected chi connectivity index (χ1v) is 24.7. The van der Waals surface area contributed by atoms with Gasteiger partial charge in [-0.3, -0.25) is 9.13 Å². The Morgan fingerprint density at radius 1 is 0.270 bits per heavy atom. The molecule has 342 valence electrons. The second-order valence-electron chi connectivity index (χ2n) is 18.9. The van der Waals surface area contributed by atoms with Gasteiger partial charge < -0.3 is 9.13 Å². The lowest BCUT2D eigenvalue weighted by molar-refractivity contribution is 1.02. The number of hydrogen-bond donors (Lipinski definition) is 0. The molecule has 5 heterocycles. The summed E-state index contributed by atoms with van der Waals surface area (Å²) < 4.78 is 8.97. The standard InChI is InChI=1S/C67H39N7/c68-40-44-37-42(33-35-56(44)71-58-25-9-1-17-46(58)47-18-2-10-26-59(47)71)54-39-55(43-34-36-57(45(38-43)41-69)72-60-27-11-3-19-48(60)49-20-4-12-28-61(49)72)67(74-64-31-15-7-23-52(64)53-24-8-16-32-65(53)74)70-66(54)73-62-29-13-5-21-50(62)51-22-6-14-30-63(51)73/h1-39H. The molecule has 0 aliphatic heterocycles. The lowest BCUT2D eigenvalue weighted by Gasteiger charge is -2.21. The Morgan fingerprint density at radius 3 is 0.770 bits per heavy atom. The van der Waals surface area contributed by atoms with Crippen molar-refractivity contribution in [2.24, 2.45) is 0 Å². The Balaban J connectivity index is 1.06. The van der Waals surface area contributed by atoms with Crippen molar-refractivity contribution < 1.29 is 0 Å². The zero-order valence-electron chi connectivity index (χ0n) is 39.6. The lowest BCUT2D eigenvalue weighted by atomic mass is 9.96. The molecular weight excluding hydrogens is 903 g/mol. The molecule has 7 heteroatoms. The summed E-state index contributed by atoms with van der Waals surface area (Å²) in [6, 6.07) is 87.5. The minimum atomic E-state index is 0.525. The van der Waals surface area contributed by atoms with E-state index in [1.807, 2.05) is 12.1 Å². The molecule has 10 aromatic carbocycles. The first-order valence-electron chi connectivity index (χ1n) is 24.7. The van der Waals surface area contributed by atoms with Gasteiger partial charge in [-0.05, 0) is 90.0 Å². The summed E-state index contributed by atoms with van der Waals surface area (Å²) in [6.45, 7) is 0. The third-order valence-electron chi connectivity index (χ3n) is 15.1. The summed E-state index contributed by atoms with van der Waals surface area (Å²) in [4.78, 5) is 5.98. The van der Waals surface area contributed by atoms with Gasteiger partial charge in [0.2, 0.25) is 0 Å². The predicted molar refractivity (Wildman–Crippen MR) is 302 cm³/mol. The van der Waals surface area contributed by atoms with Crippen LogP contribution < -0.4 is 0 Å². The number of aromatic nitrogens is 5. The van der Waals surface area contributed by atoms with Crippen molar-refractivity contribution in [2.75, 3.05) is 0 Å². The Kier molecular flexibility index (Phi) is 8.95. The van der Waals surface area contributed by atoms with Crippen LogP contribution in [0, 0.1) is 22.7 Å². The molecule has 0 saturated carbocycles. The normalized spacial score (nSPS) is 11.8. The second-order valence-corrected chi connectivity index (χ2v) is 18.9. The molecule has 0 bridgehead atoms. The summed E-state index contributed by atoms with van der Waals surface area (Å²) >= 11 is 0. The van der Waals surface area contributed by atoms with E-state index in [0.29, 0.717) is 22.8 Å². The fraction of sp³-hybridized carbons (Fsp3) is 0. The van der Waals surface area contributed by atoms with Crippen LogP contribution in [0.2, 0.25) is 0 Å². The number of nitriles is 2. The molecule has 0 N–H and O–H groups in total. The molecule has 7 nitrogen and oxygen atoms in total. The van der Waals surface area contributed by atoms with Crippen molar-refractivity contribution in [3.63, 3.8) is 0 Å². The van der Waals surface area contributed by atoms with E-state index < -0.39 is 0 Å². The largest absolute Gasteiger partial charge is 0.308 e. The monoisotopic (exact) mass is 941 g/mol. The zero-order chi connectivity index (χ0) is 49.0. The van der Waals surface area contributed by atoms with Crippen LogP contribution in [0.5, 0.6) is 0 Å². The Bertz CT molecular complexity index is 4430. The van der Waals surface area contributed by atoms with Gasteiger partial charge in [-0.2, -0.15) is 10.5 Å². The first-order chi connectivity index (χ1) is 36.7. The van der Waals surface area contributed by atoms with Crippen molar-refractivity contribution in [3.05, 3.63) is 248 Å². The fourth-order valence-corrected chi connectivity index (χ4v) is 11.9. The van der Waals surface area contributed by atoms with Crippen LogP contribution in [0.25, 0.3) is 132 Å². The summed E-state index contributed by atoms with van der Waals surface area (Å²) in [5, 5.41) is 31.4. The van der Waals surface area contributed by atoms with E-state index in [2.05, 4.69) is 255 Å². The van der Waals surface area contributed by atoms with Crippen LogP contribution in [0.3, 0.4) is 0 Å². The summed E-state index contributed by atoms with van der Waals surface area (Å²) in [6.07, 6.45) is 0. The highest BCUT2D eigenvalue weighted by molar-refractivity contribution is 6.13. The van der Waals surface area contributed by atoms with E-state index in [4.69, 9.17) is 4.98 Å². The van der Waals surface area contributed by atoms with Gasteiger partial charge in [-0.25, -0.2) is 4.98 Å². The third-order valence-corrected chi connectivity index (χ3v) is 15.1. The van der Waals surface area contributed by atoms with Crippen molar-refractivity contribution in [2.45, 2.75) is 0 Å². The molecule has 0 radical (unpaired) electrons. The number of nitrogens with zero attached hydrogens (tertiary/aromatic N) is 7. The zero-order valence-corrected chi connectivity index (χ0v) is 39.6. The highest BCUT2D eigenvalue weighted by Gasteiger charge is 2.26. The van der Waals surface area contributed by atoms with Crippen LogP contribution >= 0.6 is 0 Å². The average Bonchev–Trinajstić information content (AvgIpc) is 4.20. The van der Waals surface area contributed by atoms with Gasteiger partial charge in [0.15, 0.2) is 0 Å². The highest BCUT2D eigenvalue weighted by atomic mass is 15.1. The summed E-state index contributed by atoms with van der Waals surface area (Å²) in [5.74, 6) is 1.41. The molecule has 5 aromatic heterocycles. The Labute approximate surface area is 424 Å². The van der Waals surface area contributed by atoms with Gasteiger partial charge in [0.25, 0.3) is 0 Å².